The Balaban J connectivity index is 3.23. The Hall–Kier alpha value is -1.35. The van der Waals surface area contributed by atoms with Crippen molar-refractivity contribution in [3.05, 3.63) is 35.4 Å². The molecule has 0 unspecified atom stereocenters. The maximum atomic E-state index is 11.3. The van der Waals surface area contributed by atoms with Crippen LogP contribution in [0, 0.1) is 0 Å². The van der Waals surface area contributed by atoms with Crippen molar-refractivity contribution in [2.24, 2.45) is 5.90 Å². The Kier molecular flexibility index (Phi) is 2.91. The third-order valence-corrected chi connectivity index (χ3v) is 2.06. The van der Waals surface area contributed by atoms with Crippen molar-refractivity contribution in [2.75, 3.05) is 0 Å². The molecule has 0 radical (unpaired) electrons. The van der Waals surface area contributed by atoms with E-state index in [1.54, 1.807) is 12.1 Å². The van der Waals surface area contributed by atoms with Gasteiger partial charge in [0, 0.05) is 0 Å². The summed E-state index contributed by atoms with van der Waals surface area (Å²) in [5.74, 6) is 4.38. The lowest BCUT2D eigenvalue weighted by atomic mass is 9.84. The lowest BCUT2D eigenvalue weighted by molar-refractivity contribution is 0.0500. The summed E-state index contributed by atoms with van der Waals surface area (Å²) in [7, 11) is 0. The number of carbonyl (C=O) groups excluding carboxylic acids is 1. The van der Waals surface area contributed by atoms with Crippen molar-refractivity contribution in [1.29, 1.82) is 0 Å². The van der Waals surface area contributed by atoms with Gasteiger partial charge in [0.2, 0.25) is 0 Å². The molecule has 0 saturated heterocycles. The number of hydrogen-bond donors (Lipinski definition) is 1. The molecular weight excluding hydrogens is 178 g/mol. The van der Waals surface area contributed by atoms with Gasteiger partial charge in [-0.15, -0.1) is 0 Å². The molecule has 2 N–H and O–H groups in total. The summed E-state index contributed by atoms with van der Waals surface area (Å²) in [5.41, 5.74) is 1.38. The fraction of sp³-hybridized carbons (Fsp3) is 0.364. The normalized spacial score (nSPS) is 11.1. The maximum Gasteiger partial charge on any atom is 0.356 e. The molecule has 0 aliphatic rings. The zero-order valence-electron chi connectivity index (χ0n) is 8.70. The van der Waals surface area contributed by atoms with Crippen molar-refractivity contribution in [3.8, 4) is 0 Å². The van der Waals surface area contributed by atoms with Crippen LogP contribution in [0.4, 0.5) is 0 Å². The van der Waals surface area contributed by atoms with E-state index in [1.165, 1.54) is 0 Å². The van der Waals surface area contributed by atoms with Crippen LogP contribution in [0.15, 0.2) is 24.3 Å². The average Bonchev–Trinajstić information content (AvgIpc) is 2.15. The molecule has 0 aliphatic heterocycles. The molecule has 0 amide bonds. The van der Waals surface area contributed by atoms with E-state index in [0.29, 0.717) is 5.56 Å². The number of hydrogen-bond acceptors (Lipinski definition) is 3. The Labute approximate surface area is 83.8 Å². The predicted molar refractivity (Wildman–Crippen MR) is 54.7 cm³/mol. The highest BCUT2D eigenvalue weighted by Gasteiger charge is 2.21. The van der Waals surface area contributed by atoms with E-state index in [9.17, 15) is 4.79 Å². The number of carbonyl (C=O) groups is 1. The number of nitrogens with two attached hydrogens (primary N) is 1. The van der Waals surface area contributed by atoms with Gasteiger partial charge in [-0.2, -0.15) is 5.90 Å². The molecule has 1 rings (SSSR count). The minimum absolute atomic E-state index is 0.0925. The molecule has 0 aliphatic carbocycles. The molecule has 0 spiro atoms. The minimum Gasteiger partial charge on any atom is -0.370 e. The van der Waals surface area contributed by atoms with Crippen LogP contribution < -0.4 is 5.90 Å². The molecule has 1 aromatic rings. The second-order valence-electron chi connectivity index (χ2n) is 4.20. The van der Waals surface area contributed by atoms with Gasteiger partial charge < -0.3 is 4.84 Å². The minimum atomic E-state index is -0.490. The fourth-order valence-electron chi connectivity index (χ4n) is 1.38. The second kappa shape index (κ2) is 3.80. The zero-order chi connectivity index (χ0) is 10.8. The largest absolute Gasteiger partial charge is 0.370 e. The van der Waals surface area contributed by atoms with Crippen LogP contribution in [-0.2, 0) is 10.3 Å². The first-order valence-corrected chi connectivity index (χ1v) is 4.47. The van der Waals surface area contributed by atoms with Gasteiger partial charge in [-0.3, -0.25) is 0 Å². The van der Waals surface area contributed by atoms with Crippen molar-refractivity contribution in [2.45, 2.75) is 26.2 Å². The van der Waals surface area contributed by atoms with E-state index in [4.69, 9.17) is 5.90 Å². The lowest BCUT2D eigenvalue weighted by Crippen LogP contribution is -2.19. The lowest BCUT2D eigenvalue weighted by Gasteiger charge is -2.21. The summed E-state index contributed by atoms with van der Waals surface area (Å²) < 4.78 is 0. The van der Waals surface area contributed by atoms with Gasteiger partial charge in [0.25, 0.3) is 0 Å². The van der Waals surface area contributed by atoms with Crippen molar-refractivity contribution in [1.82, 2.24) is 0 Å². The average molecular weight is 193 g/mol. The first-order valence-electron chi connectivity index (χ1n) is 4.47. The van der Waals surface area contributed by atoms with Gasteiger partial charge in [-0.1, -0.05) is 39.0 Å². The van der Waals surface area contributed by atoms with Crippen LogP contribution in [0.1, 0.15) is 36.7 Å². The highest BCUT2D eigenvalue weighted by atomic mass is 16.7. The molecule has 76 valence electrons. The third-order valence-electron chi connectivity index (χ3n) is 2.06. The quantitative estimate of drug-likeness (QED) is 0.694. The van der Waals surface area contributed by atoms with Gasteiger partial charge in [0.1, 0.15) is 0 Å². The van der Waals surface area contributed by atoms with E-state index >= 15 is 0 Å². The van der Waals surface area contributed by atoms with Gasteiger partial charge >= 0.3 is 5.97 Å². The molecule has 0 heterocycles. The summed E-state index contributed by atoms with van der Waals surface area (Å²) in [6.45, 7) is 6.11. The molecule has 3 nitrogen and oxygen atoms in total. The summed E-state index contributed by atoms with van der Waals surface area (Å²) in [6.07, 6.45) is 0. The van der Waals surface area contributed by atoms with Crippen LogP contribution in [-0.4, -0.2) is 5.97 Å². The summed E-state index contributed by atoms with van der Waals surface area (Å²) >= 11 is 0. The van der Waals surface area contributed by atoms with Crippen LogP contribution >= 0.6 is 0 Å². The highest BCUT2D eigenvalue weighted by molar-refractivity contribution is 5.91. The topological polar surface area (TPSA) is 52.3 Å². The van der Waals surface area contributed by atoms with Crippen LogP contribution in [0.5, 0.6) is 0 Å². The summed E-state index contributed by atoms with van der Waals surface area (Å²) in [5, 5.41) is 0. The molecule has 14 heavy (non-hydrogen) atoms. The predicted octanol–water partition coefficient (Wildman–Crippen LogP) is 2.01. The van der Waals surface area contributed by atoms with E-state index in [0.717, 1.165) is 5.56 Å². The summed E-state index contributed by atoms with van der Waals surface area (Å²) in [4.78, 5) is 15.6. The van der Waals surface area contributed by atoms with Gasteiger partial charge in [0.05, 0.1) is 5.56 Å². The number of rotatable bonds is 1. The molecular formula is C11H15NO2. The van der Waals surface area contributed by atoms with E-state index in [1.807, 2.05) is 32.9 Å². The smallest absolute Gasteiger partial charge is 0.356 e. The van der Waals surface area contributed by atoms with Gasteiger partial charge in [-0.05, 0) is 17.0 Å². The molecule has 0 fully saturated rings. The van der Waals surface area contributed by atoms with Crippen molar-refractivity contribution in [3.63, 3.8) is 0 Å². The van der Waals surface area contributed by atoms with Gasteiger partial charge in [0.15, 0.2) is 0 Å². The highest BCUT2D eigenvalue weighted by Crippen LogP contribution is 2.25. The second-order valence-corrected chi connectivity index (χ2v) is 4.20. The molecule has 0 bridgehead atoms. The van der Waals surface area contributed by atoms with Crippen molar-refractivity contribution >= 4 is 5.97 Å². The first kappa shape index (κ1) is 10.7. The molecule has 0 aromatic heterocycles. The van der Waals surface area contributed by atoms with Crippen LogP contribution in [0.3, 0.4) is 0 Å². The molecule has 3 heteroatoms. The SMILES string of the molecule is CC(C)(C)c1ccccc1C(=O)ON. The monoisotopic (exact) mass is 193 g/mol. The molecule has 0 atom stereocenters. The van der Waals surface area contributed by atoms with Crippen LogP contribution in [0.25, 0.3) is 0 Å². The van der Waals surface area contributed by atoms with E-state index < -0.39 is 5.97 Å². The Morgan fingerprint density at radius 3 is 2.36 bits per heavy atom. The fourth-order valence-corrected chi connectivity index (χ4v) is 1.38. The molecule has 0 saturated carbocycles. The molecule has 1 aromatic carbocycles. The Morgan fingerprint density at radius 2 is 1.86 bits per heavy atom. The van der Waals surface area contributed by atoms with E-state index in [-0.39, 0.29) is 5.41 Å². The number of benzene rings is 1. The van der Waals surface area contributed by atoms with Crippen molar-refractivity contribution < 1.29 is 9.63 Å². The first-order chi connectivity index (χ1) is 6.46. The summed E-state index contributed by atoms with van der Waals surface area (Å²) in [6, 6.07) is 7.32. The van der Waals surface area contributed by atoms with Gasteiger partial charge in [-0.25, -0.2) is 4.79 Å². The standard InChI is InChI=1S/C11H15NO2/c1-11(2,3)9-7-5-4-6-8(9)10(13)14-12/h4-7H,12H2,1-3H3. The third kappa shape index (κ3) is 2.12. The van der Waals surface area contributed by atoms with E-state index in [2.05, 4.69) is 4.84 Å². The maximum absolute atomic E-state index is 11.3. The van der Waals surface area contributed by atoms with Crippen LogP contribution in [0.2, 0.25) is 0 Å². The zero-order valence-corrected chi connectivity index (χ0v) is 8.70. The Morgan fingerprint density at radius 1 is 1.29 bits per heavy atom. The Bertz CT molecular complexity index is 339.